The quantitative estimate of drug-likeness (QED) is 0.251. The molecular weight excluding hydrogens is 604 g/mol. The molecule has 4 N–H and O–H groups in total. The number of carbonyl (C=O) groups excluding carboxylic acids is 2. The van der Waals surface area contributed by atoms with Gasteiger partial charge < -0.3 is 26.0 Å². The molecule has 0 aliphatic carbocycles. The van der Waals surface area contributed by atoms with Gasteiger partial charge in [0.25, 0.3) is 0 Å². The third kappa shape index (κ3) is 8.67. The molecule has 11 nitrogen and oxygen atoms in total. The second-order valence-electron chi connectivity index (χ2n) is 12.3. The molecule has 2 atom stereocenters. The number of hydrogen-bond acceptors (Lipinski definition) is 9. The van der Waals surface area contributed by atoms with Crippen LogP contribution >= 0.6 is 0 Å². The summed E-state index contributed by atoms with van der Waals surface area (Å²) in [6, 6.07) is 24.9. The molecule has 4 aromatic rings. The number of nitrogens with zero attached hydrogens (tertiary/aromatic N) is 4. The van der Waals surface area contributed by atoms with E-state index in [0.717, 1.165) is 66.3 Å². The van der Waals surface area contributed by atoms with Crippen LogP contribution in [0.4, 0.5) is 23.0 Å². The van der Waals surface area contributed by atoms with Crippen molar-refractivity contribution >= 4 is 34.8 Å². The van der Waals surface area contributed by atoms with Gasteiger partial charge in [-0.15, -0.1) is 0 Å². The van der Waals surface area contributed by atoms with Crippen molar-refractivity contribution in [3.63, 3.8) is 0 Å². The van der Waals surface area contributed by atoms with Crippen LogP contribution in [0.2, 0.25) is 0 Å². The lowest BCUT2D eigenvalue weighted by Crippen LogP contribution is -2.53. The predicted octanol–water partition coefficient (Wildman–Crippen LogP) is 4.62. The molecule has 1 aromatic heterocycles. The Morgan fingerprint density at radius 3 is 2.19 bits per heavy atom. The standard InChI is InChI=1S/C37H44N8O3/c1-3-44-18-16-38-36(46)32(21-26-12-14-31(48-2)15-13-26)43-37(47)33-11-6-17-45(33)24-28-8-5-10-30(20-28)42-35-22-34(39-25-40-35)41-29-9-4-7-27(19-29)23-44/h4-5,7-10,12-15,19-20,22,25,32-33H,3,6,11,16-18,21,23-24H2,1-2H3,(H,38,46)(H,43,47)(H2,39,40,41,42)/t32-,33?/m0/s1. The van der Waals surface area contributed by atoms with Gasteiger partial charge in [0.15, 0.2) is 0 Å². The first-order chi connectivity index (χ1) is 23.4. The Morgan fingerprint density at radius 1 is 0.833 bits per heavy atom. The first-order valence-electron chi connectivity index (χ1n) is 16.7. The molecule has 0 radical (unpaired) electrons. The largest absolute Gasteiger partial charge is 0.497 e. The molecular formula is C37H44N8O3. The van der Waals surface area contributed by atoms with Gasteiger partial charge in [-0.3, -0.25) is 19.4 Å². The van der Waals surface area contributed by atoms with E-state index in [1.807, 2.05) is 54.6 Å². The summed E-state index contributed by atoms with van der Waals surface area (Å²) in [7, 11) is 1.63. The van der Waals surface area contributed by atoms with E-state index in [4.69, 9.17) is 4.74 Å². The third-order valence-electron chi connectivity index (χ3n) is 8.93. The first kappa shape index (κ1) is 32.9. The lowest BCUT2D eigenvalue weighted by atomic mass is 10.0. The summed E-state index contributed by atoms with van der Waals surface area (Å²) < 4.78 is 5.32. The summed E-state index contributed by atoms with van der Waals surface area (Å²) in [6.07, 6.45) is 3.58. The number of aromatic nitrogens is 2. The zero-order valence-corrected chi connectivity index (χ0v) is 27.6. The van der Waals surface area contributed by atoms with Crippen LogP contribution < -0.4 is 26.0 Å². The normalized spacial score (nSPS) is 19.6. The molecule has 250 valence electrons. The molecule has 2 aliphatic heterocycles. The number of ether oxygens (including phenoxy) is 1. The molecule has 1 unspecified atom stereocenters. The number of anilines is 4. The molecule has 1 saturated heterocycles. The number of nitrogens with one attached hydrogen (secondary N) is 4. The van der Waals surface area contributed by atoms with Gasteiger partial charge in [0, 0.05) is 50.0 Å². The minimum Gasteiger partial charge on any atom is -0.497 e. The Balaban J connectivity index is 1.27. The number of likely N-dealkylation sites (N-methyl/N-ethyl adjacent to an activating group) is 1. The van der Waals surface area contributed by atoms with Crippen LogP contribution in [0, 0.1) is 0 Å². The monoisotopic (exact) mass is 648 g/mol. The molecule has 3 aromatic carbocycles. The summed E-state index contributed by atoms with van der Waals surface area (Å²) in [5.74, 6) is 1.80. The van der Waals surface area contributed by atoms with Crippen LogP contribution in [0.1, 0.15) is 36.5 Å². The Bertz CT molecular complexity index is 1700. The van der Waals surface area contributed by atoms with Gasteiger partial charge in [-0.05, 0) is 79.0 Å². The maximum Gasteiger partial charge on any atom is 0.242 e. The second-order valence-corrected chi connectivity index (χ2v) is 12.3. The van der Waals surface area contributed by atoms with Gasteiger partial charge in [0.1, 0.15) is 29.8 Å². The number of methoxy groups -OCH3 is 1. The summed E-state index contributed by atoms with van der Waals surface area (Å²) in [6.45, 7) is 6.20. The van der Waals surface area contributed by atoms with Crippen molar-refractivity contribution in [1.29, 1.82) is 0 Å². The maximum absolute atomic E-state index is 13.8. The summed E-state index contributed by atoms with van der Waals surface area (Å²) in [5.41, 5.74) is 4.99. The highest BCUT2D eigenvalue weighted by atomic mass is 16.5. The van der Waals surface area contributed by atoms with Crippen LogP contribution in [-0.2, 0) is 29.1 Å². The Morgan fingerprint density at radius 2 is 1.52 bits per heavy atom. The molecule has 3 heterocycles. The first-order valence-corrected chi connectivity index (χ1v) is 16.7. The average molecular weight is 649 g/mol. The van der Waals surface area contributed by atoms with E-state index in [2.05, 4.69) is 72.2 Å². The fourth-order valence-electron chi connectivity index (χ4n) is 6.37. The van der Waals surface area contributed by atoms with Crippen LogP contribution in [0.25, 0.3) is 0 Å². The number of benzene rings is 3. The minimum atomic E-state index is -0.712. The van der Waals surface area contributed by atoms with Gasteiger partial charge in [-0.2, -0.15) is 0 Å². The van der Waals surface area contributed by atoms with Gasteiger partial charge in [0.05, 0.1) is 13.2 Å². The number of carbonyl (C=O) groups is 2. The Kier molecular flexibility index (Phi) is 10.8. The zero-order chi connectivity index (χ0) is 33.3. The SMILES string of the molecule is CCN1CCNC(=O)[C@H](Cc2ccc(OC)cc2)NC(=O)C2CCCN2Cc2cccc(c2)Nc2cc(ncn2)Nc2cccc(c2)C1. The predicted molar refractivity (Wildman–Crippen MR) is 188 cm³/mol. The summed E-state index contributed by atoms with van der Waals surface area (Å²) in [5, 5.41) is 13.1. The van der Waals surface area contributed by atoms with E-state index in [1.54, 1.807) is 13.4 Å². The van der Waals surface area contributed by atoms with E-state index < -0.39 is 6.04 Å². The van der Waals surface area contributed by atoms with E-state index in [9.17, 15) is 9.59 Å². The van der Waals surface area contributed by atoms with Gasteiger partial charge in [-0.1, -0.05) is 43.3 Å². The van der Waals surface area contributed by atoms with E-state index >= 15 is 0 Å². The smallest absolute Gasteiger partial charge is 0.242 e. The van der Waals surface area contributed by atoms with Crippen molar-refractivity contribution in [2.24, 2.45) is 0 Å². The van der Waals surface area contributed by atoms with E-state index in [0.29, 0.717) is 37.7 Å². The fourth-order valence-corrected chi connectivity index (χ4v) is 6.37. The highest BCUT2D eigenvalue weighted by molar-refractivity contribution is 5.90. The van der Waals surface area contributed by atoms with Gasteiger partial charge in [-0.25, -0.2) is 9.97 Å². The molecule has 6 rings (SSSR count). The Hall–Kier alpha value is -5.00. The van der Waals surface area contributed by atoms with Crippen LogP contribution in [0.5, 0.6) is 5.75 Å². The second kappa shape index (κ2) is 15.7. The summed E-state index contributed by atoms with van der Waals surface area (Å²) in [4.78, 5) is 40.9. The van der Waals surface area contributed by atoms with Crippen LogP contribution in [0.3, 0.4) is 0 Å². The molecule has 6 bridgehead atoms. The molecule has 2 amide bonds. The lowest BCUT2D eigenvalue weighted by molar-refractivity contribution is -0.131. The number of fused-ring (bicyclic) bond motifs is 7. The molecule has 2 aliphatic rings. The fraction of sp³-hybridized carbons (Fsp3) is 0.351. The van der Waals surface area contributed by atoms with Crippen molar-refractivity contribution < 1.29 is 14.3 Å². The molecule has 1 fully saturated rings. The highest BCUT2D eigenvalue weighted by Crippen LogP contribution is 2.25. The number of hydrogen-bond donors (Lipinski definition) is 4. The van der Waals surface area contributed by atoms with E-state index in [-0.39, 0.29) is 17.9 Å². The van der Waals surface area contributed by atoms with Crippen LogP contribution in [-0.4, -0.2) is 77.0 Å². The average Bonchev–Trinajstić information content (AvgIpc) is 3.56. The molecule has 0 saturated carbocycles. The minimum absolute atomic E-state index is 0.120. The van der Waals surface area contributed by atoms with Crippen molar-refractivity contribution in [1.82, 2.24) is 30.4 Å². The van der Waals surface area contributed by atoms with Crippen molar-refractivity contribution in [3.8, 4) is 5.75 Å². The summed E-state index contributed by atoms with van der Waals surface area (Å²) >= 11 is 0. The topological polar surface area (TPSA) is 124 Å². The van der Waals surface area contributed by atoms with Crippen LogP contribution in [0.15, 0.2) is 85.2 Å². The molecule has 0 spiro atoms. The maximum atomic E-state index is 13.8. The van der Waals surface area contributed by atoms with Crippen molar-refractivity contribution in [2.75, 3.05) is 43.9 Å². The number of amides is 2. The van der Waals surface area contributed by atoms with Crippen molar-refractivity contribution in [3.05, 3.63) is 102 Å². The van der Waals surface area contributed by atoms with E-state index in [1.165, 1.54) is 0 Å². The highest BCUT2D eigenvalue weighted by Gasteiger charge is 2.33. The van der Waals surface area contributed by atoms with Gasteiger partial charge >= 0.3 is 0 Å². The molecule has 48 heavy (non-hydrogen) atoms. The zero-order valence-electron chi connectivity index (χ0n) is 27.6. The number of rotatable bonds is 4. The Labute approximate surface area is 282 Å². The molecule has 11 heteroatoms. The van der Waals surface area contributed by atoms with Gasteiger partial charge in [0.2, 0.25) is 11.8 Å². The van der Waals surface area contributed by atoms with Crippen molar-refractivity contribution in [2.45, 2.75) is 51.4 Å². The lowest BCUT2D eigenvalue weighted by Gasteiger charge is -2.27. The third-order valence-corrected chi connectivity index (χ3v) is 8.93.